The largest absolute Gasteiger partial charge is 0.458 e. The molecular formula is C23H28O7. The van der Waals surface area contributed by atoms with Gasteiger partial charge in [-0.25, -0.2) is 9.59 Å². The van der Waals surface area contributed by atoms with Gasteiger partial charge >= 0.3 is 11.9 Å². The molecule has 2 heterocycles. The van der Waals surface area contributed by atoms with Gasteiger partial charge in [0.2, 0.25) is 0 Å². The van der Waals surface area contributed by atoms with Gasteiger partial charge in [0.25, 0.3) is 0 Å². The molecule has 0 aromatic rings. The Kier molecular flexibility index (Phi) is 6.43. The Hall–Kier alpha value is -2.51. The van der Waals surface area contributed by atoms with Gasteiger partial charge in [-0.15, -0.1) is 0 Å². The van der Waals surface area contributed by atoms with E-state index in [4.69, 9.17) is 18.9 Å². The third-order valence-corrected chi connectivity index (χ3v) is 5.56. The number of carbonyl (C=O) groups is 3. The van der Waals surface area contributed by atoms with Crippen molar-refractivity contribution in [3.05, 3.63) is 47.6 Å². The topological polar surface area (TPSA) is 88.1 Å². The minimum Gasteiger partial charge on any atom is -0.458 e. The minimum absolute atomic E-state index is 0.149. The van der Waals surface area contributed by atoms with E-state index in [2.05, 4.69) is 13.2 Å². The summed E-state index contributed by atoms with van der Waals surface area (Å²) < 4.78 is 22.4. The monoisotopic (exact) mass is 416 g/mol. The lowest BCUT2D eigenvalue weighted by molar-refractivity contribution is -0.151. The zero-order valence-corrected chi connectivity index (χ0v) is 17.6. The van der Waals surface area contributed by atoms with E-state index >= 15 is 0 Å². The van der Waals surface area contributed by atoms with Gasteiger partial charge in [0.15, 0.2) is 5.79 Å². The lowest BCUT2D eigenvalue weighted by Crippen LogP contribution is -2.35. The van der Waals surface area contributed by atoms with Gasteiger partial charge in [0, 0.05) is 12.0 Å². The molecule has 0 aromatic carbocycles. The highest BCUT2D eigenvalue weighted by atomic mass is 16.7. The molecule has 4 atom stereocenters. The predicted molar refractivity (Wildman–Crippen MR) is 108 cm³/mol. The minimum atomic E-state index is -0.801. The molecule has 0 radical (unpaired) electrons. The molecule has 0 aromatic heterocycles. The van der Waals surface area contributed by atoms with E-state index in [0.29, 0.717) is 24.8 Å². The fraction of sp³-hybridized carbons (Fsp3) is 0.522. The highest BCUT2D eigenvalue weighted by Gasteiger charge is 2.45. The molecule has 7 nitrogen and oxygen atoms in total. The molecule has 0 bridgehead atoms. The second kappa shape index (κ2) is 8.70. The van der Waals surface area contributed by atoms with Gasteiger partial charge in [-0.3, -0.25) is 4.79 Å². The van der Waals surface area contributed by atoms with E-state index in [1.54, 1.807) is 19.9 Å². The SMILES string of the molecule is C=C1C(=O)O[C@@H]2/C=C(\C=O)CC/C=C(\C)C[C@H](OC(=O)C(=C)[C@@H]3COC(C)(C)O3)[C@@H]12. The Morgan fingerprint density at radius 2 is 2.10 bits per heavy atom. The van der Waals surface area contributed by atoms with Gasteiger partial charge in [-0.1, -0.05) is 24.8 Å². The molecular weight excluding hydrogens is 388 g/mol. The average molecular weight is 416 g/mol. The average Bonchev–Trinajstić information content (AvgIpc) is 3.18. The van der Waals surface area contributed by atoms with Crippen molar-refractivity contribution in [2.75, 3.05) is 6.61 Å². The van der Waals surface area contributed by atoms with Crippen molar-refractivity contribution in [1.82, 2.24) is 0 Å². The van der Waals surface area contributed by atoms with E-state index in [1.807, 2.05) is 13.0 Å². The summed E-state index contributed by atoms with van der Waals surface area (Å²) in [6.07, 6.45) is 4.00. The van der Waals surface area contributed by atoms with Crippen molar-refractivity contribution in [2.24, 2.45) is 5.92 Å². The lowest BCUT2D eigenvalue weighted by atomic mass is 9.85. The van der Waals surface area contributed by atoms with Crippen LogP contribution in [0.2, 0.25) is 0 Å². The molecule has 2 aliphatic heterocycles. The number of hydrogen-bond donors (Lipinski definition) is 0. The van der Waals surface area contributed by atoms with Crippen LogP contribution in [-0.2, 0) is 33.3 Å². The van der Waals surface area contributed by atoms with Crippen LogP contribution >= 0.6 is 0 Å². The Balaban J connectivity index is 1.85. The number of allylic oxidation sites excluding steroid dienone is 2. The first-order valence-electron chi connectivity index (χ1n) is 10.0. The first-order valence-corrected chi connectivity index (χ1v) is 10.0. The van der Waals surface area contributed by atoms with E-state index in [0.717, 1.165) is 11.9 Å². The molecule has 2 saturated heterocycles. The Labute approximate surface area is 176 Å². The summed E-state index contributed by atoms with van der Waals surface area (Å²) in [5.41, 5.74) is 1.89. The van der Waals surface area contributed by atoms with E-state index in [9.17, 15) is 14.4 Å². The van der Waals surface area contributed by atoms with Gasteiger partial charge in [-0.05, 0) is 45.3 Å². The third kappa shape index (κ3) is 4.79. The zero-order valence-electron chi connectivity index (χ0n) is 17.6. The first-order chi connectivity index (χ1) is 14.1. The van der Waals surface area contributed by atoms with Gasteiger partial charge in [0.1, 0.15) is 24.6 Å². The normalized spacial score (nSPS) is 34.6. The van der Waals surface area contributed by atoms with Crippen LogP contribution in [0.1, 0.15) is 40.0 Å². The van der Waals surface area contributed by atoms with Crippen LogP contribution in [-0.4, -0.2) is 48.9 Å². The summed E-state index contributed by atoms with van der Waals surface area (Å²) in [5.74, 6) is -2.57. The fourth-order valence-electron chi connectivity index (χ4n) is 3.90. The van der Waals surface area contributed by atoms with Crippen molar-refractivity contribution in [3.8, 4) is 0 Å². The summed E-state index contributed by atoms with van der Waals surface area (Å²) in [7, 11) is 0. The maximum atomic E-state index is 12.9. The molecule has 0 saturated carbocycles. The number of ether oxygens (including phenoxy) is 4. The van der Waals surface area contributed by atoms with Crippen LogP contribution in [0.3, 0.4) is 0 Å². The van der Waals surface area contributed by atoms with E-state index in [1.165, 1.54) is 0 Å². The molecule has 162 valence electrons. The van der Waals surface area contributed by atoms with E-state index in [-0.39, 0.29) is 17.8 Å². The van der Waals surface area contributed by atoms with Crippen LogP contribution in [0.15, 0.2) is 47.6 Å². The summed E-state index contributed by atoms with van der Waals surface area (Å²) in [6.45, 7) is 13.3. The highest BCUT2D eigenvalue weighted by Crippen LogP contribution is 2.37. The van der Waals surface area contributed by atoms with Crippen LogP contribution < -0.4 is 0 Å². The highest BCUT2D eigenvalue weighted by molar-refractivity contribution is 5.92. The van der Waals surface area contributed by atoms with Crippen molar-refractivity contribution in [2.45, 2.75) is 64.1 Å². The first kappa shape index (κ1) is 22.2. The predicted octanol–water partition coefficient (Wildman–Crippen LogP) is 2.96. The number of fused-ring (bicyclic) bond motifs is 1. The molecule has 2 fully saturated rings. The molecule has 7 heteroatoms. The zero-order chi connectivity index (χ0) is 22.1. The van der Waals surface area contributed by atoms with Crippen LogP contribution in [0.5, 0.6) is 0 Å². The summed E-state index contributed by atoms with van der Waals surface area (Å²) >= 11 is 0. The van der Waals surface area contributed by atoms with Crippen molar-refractivity contribution < 1.29 is 33.3 Å². The van der Waals surface area contributed by atoms with Crippen LogP contribution in [0.25, 0.3) is 0 Å². The quantitative estimate of drug-likeness (QED) is 0.301. The molecule has 0 unspecified atom stereocenters. The van der Waals surface area contributed by atoms with Crippen molar-refractivity contribution in [1.29, 1.82) is 0 Å². The Morgan fingerprint density at radius 3 is 2.73 bits per heavy atom. The van der Waals surface area contributed by atoms with E-state index < -0.39 is 42.0 Å². The fourth-order valence-corrected chi connectivity index (χ4v) is 3.90. The van der Waals surface area contributed by atoms with Crippen molar-refractivity contribution in [3.63, 3.8) is 0 Å². The molecule has 0 N–H and O–H groups in total. The molecule has 30 heavy (non-hydrogen) atoms. The van der Waals surface area contributed by atoms with Crippen LogP contribution in [0.4, 0.5) is 0 Å². The summed E-state index contributed by atoms with van der Waals surface area (Å²) in [5, 5.41) is 0. The Morgan fingerprint density at radius 1 is 1.37 bits per heavy atom. The number of esters is 2. The molecule has 3 aliphatic rings. The lowest BCUT2D eigenvalue weighted by Gasteiger charge is -2.28. The summed E-state index contributed by atoms with van der Waals surface area (Å²) in [6, 6.07) is 0. The van der Waals surface area contributed by atoms with Gasteiger partial charge in [0.05, 0.1) is 18.1 Å². The standard InChI is InChI=1S/C23H28O7/c1-13-7-6-8-16(11-24)10-18-20(15(3)22(26)29-18)17(9-13)28-21(25)14(2)19-12-27-23(4,5)30-19/h7,10-11,17-20H,2-3,6,8-9,12H2,1,4-5H3/b13-7+,16-10-/t17-,18+,19-,20+/m0/s1. The van der Waals surface area contributed by atoms with Crippen LogP contribution in [0, 0.1) is 5.92 Å². The molecule has 0 amide bonds. The smallest absolute Gasteiger partial charge is 0.336 e. The second-order valence-corrected chi connectivity index (χ2v) is 8.36. The second-order valence-electron chi connectivity index (χ2n) is 8.36. The maximum Gasteiger partial charge on any atom is 0.336 e. The van der Waals surface area contributed by atoms with Gasteiger partial charge < -0.3 is 18.9 Å². The number of hydrogen-bond acceptors (Lipinski definition) is 7. The number of carbonyl (C=O) groups excluding carboxylic acids is 3. The van der Waals surface area contributed by atoms with Crippen molar-refractivity contribution >= 4 is 18.2 Å². The molecule has 3 rings (SSSR count). The molecule has 0 spiro atoms. The van der Waals surface area contributed by atoms with Gasteiger partial charge in [-0.2, -0.15) is 0 Å². The molecule has 1 aliphatic carbocycles. The number of aldehydes is 1. The maximum absolute atomic E-state index is 12.9. The third-order valence-electron chi connectivity index (χ3n) is 5.56. The summed E-state index contributed by atoms with van der Waals surface area (Å²) in [4.78, 5) is 36.5. The Bertz CT molecular complexity index is 832. The number of rotatable bonds is 4.